The molecule has 0 spiro atoms. The predicted molar refractivity (Wildman–Crippen MR) is 162 cm³/mol. The van der Waals surface area contributed by atoms with E-state index in [9.17, 15) is 14.7 Å². The van der Waals surface area contributed by atoms with Crippen LogP contribution in [0.3, 0.4) is 0 Å². The van der Waals surface area contributed by atoms with E-state index in [0.717, 1.165) is 19.9 Å². The number of aliphatic hydroxyl groups is 1. The molecule has 44 heavy (non-hydrogen) atoms. The first-order valence-electron chi connectivity index (χ1n) is 14.0. The Morgan fingerprint density at radius 1 is 1.09 bits per heavy atom. The van der Waals surface area contributed by atoms with Gasteiger partial charge in [-0.15, -0.1) is 0 Å². The fraction of sp³-hybridized carbons (Fsp3) is 0.375. The van der Waals surface area contributed by atoms with Crippen LogP contribution in [0, 0.1) is 12.7 Å². The molecule has 0 saturated heterocycles. The molecule has 1 atom stereocenters. The van der Waals surface area contributed by atoms with Crippen molar-refractivity contribution in [1.82, 2.24) is 14.5 Å². The highest BCUT2D eigenvalue weighted by molar-refractivity contribution is 6.13. The first kappa shape index (κ1) is 31.0. The van der Waals surface area contributed by atoms with Crippen molar-refractivity contribution in [3.8, 4) is 16.9 Å². The molecule has 4 aromatic rings. The summed E-state index contributed by atoms with van der Waals surface area (Å²) in [6.07, 6.45) is 1.64. The Hall–Kier alpha value is -4.45. The van der Waals surface area contributed by atoms with Crippen LogP contribution in [0.15, 0.2) is 47.4 Å². The first-order valence-corrected chi connectivity index (χ1v) is 14.0. The molecule has 12 heteroatoms. The Morgan fingerprint density at radius 2 is 1.77 bits per heavy atom. The van der Waals surface area contributed by atoms with Gasteiger partial charge in [0.15, 0.2) is 11.4 Å². The highest BCUT2D eigenvalue weighted by atomic mass is 19.3. The van der Waals surface area contributed by atoms with Gasteiger partial charge in [-0.3, -0.25) is 9.59 Å². The zero-order valence-electron chi connectivity index (χ0n) is 25.7. The van der Waals surface area contributed by atoms with Gasteiger partial charge in [-0.2, -0.15) is 8.78 Å². The molecule has 1 aliphatic heterocycles. The van der Waals surface area contributed by atoms with Crippen LogP contribution in [0.5, 0.6) is 5.75 Å². The third kappa shape index (κ3) is 4.96. The molecular weight excluding hydrogens is 575 g/mol. The van der Waals surface area contributed by atoms with E-state index in [1.54, 1.807) is 60.1 Å². The number of benzene rings is 2. The summed E-state index contributed by atoms with van der Waals surface area (Å²) in [5, 5.41) is 13.7. The standard InChI is InChI=1S/C32H34F3N5O4/c1-16(19-10-9-11-22(24(19)33)32(34,35)31(5,6)43)36-28-21-14-20(18-12-13-23(41)39(7)15-18)27-26(25(21)37-17(2)38-28)40(8)29(42)30(3,4)44-27/h9-16,43H,1-8H3,(H,36,37,38). The Morgan fingerprint density at radius 3 is 2.41 bits per heavy atom. The average Bonchev–Trinajstić information content (AvgIpc) is 2.92. The van der Waals surface area contributed by atoms with Gasteiger partial charge in [0, 0.05) is 48.4 Å². The molecule has 232 valence electrons. The third-order valence-electron chi connectivity index (χ3n) is 7.89. The Labute approximate surface area is 252 Å². The van der Waals surface area contributed by atoms with Crippen LogP contribution in [0.1, 0.15) is 57.6 Å². The van der Waals surface area contributed by atoms with Crippen molar-refractivity contribution in [1.29, 1.82) is 0 Å². The smallest absolute Gasteiger partial charge is 0.303 e. The lowest BCUT2D eigenvalue weighted by Gasteiger charge is -2.38. The van der Waals surface area contributed by atoms with Gasteiger partial charge in [-0.25, -0.2) is 14.4 Å². The third-order valence-corrected chi connectivity index (χ3v) is 7.89. The summed E-state index contributed by atoms with van der Waals surface area (Å²) in [4.78, 5) is 36.2. The predicted octanol–water partition coefficient (Wildman–Crippen LogP) is 5.61. The van der Waals surface area contributed by atoms with Crippen molar-refractivity contribution < 1.29 is 27.8 Å². The SMILES string of the molecule is Cc1nc(NC(C)c2cccc(C(F)(F)C(C)(C)O)c2F)c2cc(-c3ccc(=O)n(C)c3)c3c(c2n1)N(C)C(=O)C(C)(C)O3. The van der Waals surface area contributed by atoms with E-state index < -0.39 is 34.5 Å². The molecule has 0 aliphatic carbocycles. The number of carbonyl (C=O) groups excluding carboxylic acids is 1. The van der Waals surface area contributed by atoms with Crippen LogP contribution in [0.2, 0.25) is 0 Å². The number of pyridine rings is 1. The van der Waals surface area contributed by atoms with Crippen molar-refractivity contribution in [3.05, 3.63) is 75.7 Å². The molecule has 0 saturated carbocycles. The van der Waals surface area contributed by atoms with Crippen molar-refractivity contribution in [2.24, 2.45) is 7.05 Å². The van der Waals surface area contributed by atoms with Gasteiger partial charge in [0.25, 0.3) is 5.91 Å². The van der Waals surface area contributed by atoms with Gasteiger partial charge in [-0.05, 0) is 59.7 Å². The van der Waals surface area contributed by atoms with E-state index >= 15 is 13.2 Å². The van der Waals surface area contributed by atoms with E-state index in [2.05, 4.69) is 15.3 Å². The summed E-state index contributed by atoms with van der Waals surface area (Å²) in [6.45, 7) is 8.42. The maximum Gasteiger partial charge on any atom is 0.303 e. The number of nitrogens with zero attached hydrogens (tertiary/aromatic N) is 4. The molecule has 9 nitrogen and oxygen atoms in total. The number of aryl methyl sites for hydroxylation is 2. The van der Waals surface area contributed by atoms with Crippen LogP contribution in [-0.2, 0) is 17.8 Å². The van der Waals surface area contributed by atoms with E-state index in [-0.39, 0.29) is 22.8 Å². The van der Waals surface area contributed by atoms with E-state index in [4.69, 9.17) is 4.74 Å². The van der Waals surface area contributed by atoms with Crippen molar-refractivity contribution in [3.63, 3.8) is 0 Å². The summed E-state index contributed by atoms with van der Waals surface area (Å²) in [6, 6.07) is 7.60. The maximum atomic E-state index is 15.6. The van der Waals surface area contributed by atoms with E-state index in [0.29, 0.717) is 39.3 Å². The van der Waals surface area contributed by atoms with E-state index in [1.807, 2.05) is 0 Å². The monoisotopic (exact) mass is 609 g/mol. The van der Waals surface area contributed by atoms with Gasteiger partial charge in [0.05, 0.1) is 11.6 Å². The number of alkyl halides is 2. The van der Waals surface area contributed by atoms with Crippen LogP contribution in [-0.4, -0.2) is 43.8 Å². The molecule has 1 unspecified atom stereocenters. The van der Waals surface area contributed by atoms with Gasteiger partial charge in [0.2, 0.25) is 5.56 Å². The molecule has 1 aliphatic rings. The molecule has 0 bridgehead atoms. The normalized spacial score (nSPS) is 15.6. The highest BCUT2D eigenvalue weighted by Crippen LogP contribution is 2.49. The number of rotatable bonds is 6. The minimum atomic E-state index is -3.86. The van der Waals surface area contributed by atoms with Gasteiger partial charge < -0.3 is 24.6 Å². The number of hydrogen-bond donors (Lipinski definition) is 2. The van der Waals surface area contributed by atoms with Crippen LogP contribution in [0.25, 0.3) is 22.0 Å². The van der Waals surface area contributed by atoms with Crippen molar-refractivity contribution in [2.75, 3.05) is 17.3 Å². The molecule has 5 rings (SSSR count). The van der Waals surface area contributed by atoms with Gasteiger partial charge in [0.1, 0.15) is 34.3 Å². The minimum Gasteiger partial charge on any atom is -0.475 e. The minimum absolute atomic E-state index is 0.0653. The van der Waals surface area contributed by atoms with Crippen LogP contribution < -0.4 is 20.5 Å². The second-order valence-electron chi connectivity index (χ2n) is 12.2. The summed E-state index contributed by atoms with van der Waals surface area (Å²) < 4.78 is 53.3. The van der Waals surface area contributed by atoms with Gasteiger partial charge in [-0.1, -0.05) is 12.1 Å². The quantitative estimate of drug-likeness (QED) is 0.292. The van der Waals surface area contributed by atoms with Crippen molar-refractivity contribution in [2.45, 2.75) is 64.7 Å². The lowest BCUT2D eigenvalue weighted by Crippen LogP contribution is -2.51. The molecule has 0 fully saturated rings. The number of nitrogens with one attached hydrogen (secondary N) is 1. The van der Waals surface area contributed by atoms with Crippen molar-refractivity contribution >= 4 is 28.3 Å². The molecule has 2 aromatic heterocycles. The van der Waals surface area contributed by atoms with Gasteiger partial charge >= 0.3 is 5.92 Å². The Balaban J connectivity index is 1.73. The Kier molecular flexibility index (Phi) is 7.27. The van der Waals surface area contributed by atoms with Crippen LogP contribution in [0.4, 0.5) is 24.7 Å². The maximum absolute atomic E-state index is 15.6. The largest absolute Gasteiger partial charge is 0.475 e. The number of aromatic nitrogens is 3. The second-order valence-corrected chi connectivity index (χ2v) is 12.2. The molecule has 3 heterocycles. The topological polar surface area (TPSA) is 110 Å². The number of carbonyl (C=O) groups is 1. The fourth-order valence-corrected chi connectivity index (χ4v) is 5.38. The molecular formula is C32H34F3N5O4. The highest BCUT2D eigenvalue weighted by Gasteiger charge is 2.49. The number of amides is 1. The average molecular weight is 610 g/mol. The number of likely N-dealkylation sites (N-methyl/N-ethyl adjacent to an activating group) is 1. The number of ether oxygens (including phenoxy) is 1. The first-order chi connectivity index (χ1) is 20.3. The Bertz CT molecular complexity index is 1880. The zero-order chi connectivity index (χ0) is 32.5. The number of fused-ring (bicyclic) bond motifs is 3. The summed E-state index contributed by atoms with van der Waals surface area (Å²) in [5.74, 6) is -4.35. The summed E-state index contributed by atoms with van der Waals surface area (Å²) in [7, 11) is 3.23. The molecule has 0 radical (unpaired) electrons. The summed E-state index contributed by atoms with van der Waals surface area (Å²) >= 11 is 0. The lowest BCUT2D eigenvalue weighted by atomic mass is 9.91. The zero-order valence-corrected chi connectivity index (χ0v) is 25.7. The second kappa shape index (κ2) is 10.3. The fourth-order valence-electron chi connectivity index (χ4n) is 5.38. The number of halogens is 3. The lowest BCUT2D eigenvalue weighted by molar-refractivity contribution is -0.170. The van der Waals surface area contributed by atoms with E-state index in [1.165, 1.54) is 27.7 Å². The number of anilines is 2. The summed E-state index contributed by atoms with van der Waals surface area (Å²) in [5.41, 5.74) is -2.97. The van der Waals surface area contributed by atoms with Crippen LogP contribution >= 0.6 is 0 Å². The number of hydrogen-bond acceptors (Lipinski definition) is 7. The molecule has 2 N–H and O–H groups in total. The molecule has 1 amide bonds. The molecule has 2 aromatic carbocycles.